The minimum absolute atomic E-state index is 0.196. The fourth-order valence-electron chi connectivity index (χ4n) is 3.59. The van der Waals surface area contributed by atoms with E-state index in [-0.39, 0.29) is 17.6 Å². The number of methoxy groups -OCH3 is 1. The van der Waals surface area contributed by atoms with Gasteiger partial charge in [-0.1, -0.05) is 13.8 Å². The Morgan fingerprint density at radius 2 is 2.14 bits per heavy atom. The first-order chi connectivity index (χ1) is 13.8. The number of amides is 1. The molecule has 2 unspecified atom stereocenters. The Hall–Kier alpha value is -2.39. The molecule has 29 heavy (non-hydrogen) atoms. The summed E-state index contributed by atoms with van der Waals surface area (Å²) in [7, 11) is 1.29. The Morgan fingerprint density at radius 3 is 2.79 bits per heavy atom. The predicted molar refractivity (Wildman–Crippen MR) is 110 cm³/mol. The van der Waals surface area contributed by atoms with Crippen LogP contribution in [0.4, 0.5) is 20.2 Å². The van der Waals surface area contributed by atoms with Gasteiger partial charge in [-0.25, -0.2) is 9.37 Å². The Bertz CT molecular complexity index is 897. The first kappa shape index (κ1) is 21.3. The number of ether oxygens (including phenoxy) is 1. The highest BCUT2D eigenvalue weighted by atomic mass is 32.2. The number of hydrogen-bond donors (Lipinski definition) is 2. The molecule has 6 nitrogen and oxygen atoms in total. The molecule has 3 rings (SSSR count). The maximum absolute atomic E-state index is 14.3. The van der Waals surface area contributed by atoms with Crippen molar-refractivity contribution < 1.29 is 18.3 Å². The van der Waals surface area contributed by atoms with Crippen LogP contribution in [0.25, 0.3) is 0 Å². The molecule has 0 bridgehead atoms. The van der Waals surface area contributed by atoms with Crippen LogP contribution in [0.2, 0.25) is 0 Å². The normalized spacial score (nSPS) is 18.9. The third-order valence-electron chi connectivity index (χ3n) is 5.24. The predicted octanol–water partition coefficient (Wildman–Crippen LogP) is 3.82. The lowest BCUT2D eigenvalue weighted by Crippen LogP contribution is -2.40. The van der Waals surface area contributed by atoms with E-state index in [1.807, 2.05) is 0 Å². The highest BCUT2D eigenvalue weighted by Gasteiger charge is 2.39. The second-order valence-corrected chi connectivity index (χ2v) is 7.97. The third-order valence-corrected chi connectivity index (χ3v) is 5.71. The Morgan fingerprint density at radius 1 is 1.38 bits per heavy atom. The lowest BCUT2D eigenvalue weighted by Gasteiger charge is -2.28. The zero-order valence-electron chi connectivity index (χ0n) is 16.5. The molecule has 1 aromatic carbocycles. The summed E-state index contributed by atoms with van der Waals surface area (Å²) in [5, 5.41) is 8.99. The molecule has 0 spiro atoms. The molecule has 1 aromatic heterocycles. The van der Waals surface area contributed by atoms with Crippen molar-refractivity contribution in [3.8, 4) is 5.75 Å². The summed E-state index contributed by atoms with van der Waals surface area (Å²) in [6.45, 7) is 4.70. The number of nitrogens with one attached hydrogen (secondary N) is 1. The van der Waals surface area contributed by atoms with Crippen molar-refractivity contribution in [1.29, 1.82) is 0 Å². The first-order valence-corrected chi connectivity index (χ1v) is 10.2. The van der Waals surface area contributed by atoms with Crippen molar-refractivity contribution >= 4 is 29.2 Å². The second kappa shape index (κ2) is 8.96. The molecule has 1 amide bonds. The van der Waals surface area contributed by atoms with Crippen molar-refractivity contribution in [2.45, 2.75) is 31.3 Å². The SMILES string of the molecule is COc1c(N2CC(C(C)C)CC2C(=O)Nc2ccnc(SN)c2)ccc(F)c1F. The number of carbonyl (C=O) groups is 1. The van der Waals surface area contributed by atoms with Gasteiger partial charge in [-0.05, 0) is 54.5 Å². The Balaban J connectivity index is 1.92. The van der Waals surface area contributed by atoms with Gasteiger partial charge in [0.2, 0.25) is 11.7 Å². The molecule has 1 fully saturated rings. The van der Waals surface area contributed by atoms with E-state index in [0.29, 0.717) is 35.3 Å². The Kier molecular flexibility index (Phi) is 6.59. The average Bonchev–Trinajstić information content (AvgIpc) is 3.15. The van der Waals surface area contributed by atoms with Crippen molar-refractivity contribution in [2.24, 2.45) is 17.0 Å². The van der Waals surface area contributed by atoms with Gasteiger partial charge in [0.15, 0.2) is 11.6 Å². The molecule has 3 N–H and O–H groups in total. The van der Waals surface area contributed by atoms with Crippen LogP contribution in [-0.4, -0.2) is 30.6 Å². The van der Waals surface area contributed by atoms with Crippen molar-refractivity contribution in [2.75, 3.05) is 23.9 Å². The van der Waals surface area contributed by atoms with Gasteiger partial charge in [0.1, 0.15) is 11.1 Å². The van der Waals surface area contributed by atoms with Gasteiger partial charge in [-0.15, -0.1) is 0 Å². The van der Waals surface area contributed by atoms with Crippen LogP contribution < -0.4 is 20.1 Å². The molecule has 1 saturated heterocycles. The van der Waals surface area contributed by atoms with E-state index in [1.165, 1.54) is 13.2 Å². The summed E-state index contributed by atoms with van der Waals surface area (Å²) in [5.74, 6) is -1.94. The number of hydrogen-bond acceptors (Lipinski definition) is 6. The lowest BCUT2D eigenvalue weighted by atomic mass is 9.93. The Labute approximate surface area is 173 Å². The maximum Gasteiger partial charge on any atom is 0.247 e. The number of nitrogens with two attached hydrogens (primary N) is 1. The first-order valence-electron chi connectivity index (χ1n) is 9.28. The van der Waals surface area contributed by atoms with Crippen molar-refractivity contribution in [3.05, 3.63) is 42.1 Å². The minimum atomic E-state index is -1.06. The molecule has 156 valence electrons. The van der Waals surface area contributed by atoms with Gasteiger partial charge in [0.25, 0.3) is 0 Å². The quantitative estimate of drug-likeness (QED) is 0.689. The molecule has 0 saturated carbocycles. The molecular formula is C20H24F2N4O2S. The van der Waals surface area contributed by atoms with Gasteiger partial charge >= 0.3 is 0 Å². The zero-order chi connectivity index (χ0) is 21.1. The molecule has 2 aromatic rings. The molecule has 1 aliphatic heterocycles. The molecule has 1 aliphatic rings. The number of nitrogens with zero attached hydrogens (tertiary/aromatic N) is 2. The third kappa shape index (κ3) is 4.45. The summed E-state index contributed by atoms with van der Waals surface area (Å²) >= 11 is 0.985. The van der Waals surface area contributed by atoms with Gasteiger partial charge < -0.3 is 15.0 Å². The molecule has 0 radical (unpaired) electrons. The summed E-state index contributed by atoms with van der Waals surface area (Å²) in [4.78, 5) is 19.0. The molecule has 2 atom stereocenters. The monoisotopic (exact) mass is 422 g/mol. The number of rotatable bonds is 6. The topological polar surface area (TPSA) is 80.5 Å². The van der Waals surface area contributed by atoms with Crippen molar-refractivity contribution in [1.82, 2.24) is 4.98 Å². The van der Waals surface area contributed by atoms with Crippen LogP contribution in [0.15, 0.2) is 35.5 Å². The van der Waals surface area contributed by atoms with E-state index >= 15 is 0 Å². The summed E-state index contributed by atoms with van der Waals surface area (Å²) in [6.07, 6.45) is 2.15. The highest BCUT2D eigenvalue weighted by molar-refractivity contribution is 7.97. The van der Waals surface area contributed by atoms with Crippen LogP contribution >= 0.6 is 11.9 Å². The van der Waals surface area contributed by atoms with E-state index in [2.05, 4.69) is 24.1 Å². The number of benzene rings is 1. The summed E-state index contributed by atoms with van der Waals surface area (Å²) in [6, 6.07) is 5.31. The second-order valence-electron chi connectivity index (χ2n) is 7.31. The smallest absolute Gasteiger partial charge is 0.247 e. The molecule has 0 aliphatic carbocycles. The van der Waals surface area contributed by atoms with Crippen LogP contribution in [0.3, 0.4) is 0 Å². The number of halogens is 2. The minimum Gasteiger partial charge on any atom is -0.491 e. The van der Waals surface area contributed by atoms with E-state index < -0.39 is 17.7 Å². The van der Waals surface area contributed by atoms with Gasteiger partial charge in [-0.3, -0.25) is 9.93 Å². The fourth-order valence-corrected chi connectivity index (χ4v) is 3.90. The van der Waals surface area contributed by atoms with Gasteiger partial charge in [-0.2, -0.15) is 4.39 Å². The fraction of sp³-hybridized carbons (Fsp3) is 0.400. The van der Waals surface area contributed by atoms with Crippen LogP contribution in [0.1, 0.15) is 20.3 Å². The average molecular weight is 423 g/mol. The molecular weight excluding hydrogens is 398 g/mol. The van der Waals surface area contributed by atoms with Crippen molar-refractivity contribution in [3.63, 3.8) is 0 Å². The van der Waals surface area contributed by atoms with Crippen LogP contribution in [0.5, 0.6) is 5.75 Å². The number of carbonyl (C=O) groups excluding carboxylic acids is 1. The maximum atomic E-state index is 14.3. The number of anilines is 2. The van der Waals surface area contributed by atoms with Crippen LogP contribution in [0, 0.1) is 23.5 Å². The summed E-state index contributed by atoms with van der Waals surface area (Å²) in [5.41, 5.74) is 0.936. The summed E-state index contributed by atoms with van der Waals surface area (Å²) < 4.78 is 33.1. The van der Waals surface area contributed by atoms with E-state index in [9.17, 15) is 13.6 Å². The lowest BCUT2D eigenvalue weighted by molar-refractivity contribution is -0.117. The highest BCUT2D eigenvalue weighted by Crippen LogP contribution is 2.40. The van der Waals surface area contributed by atoms with E-state index in [0.717, 1.165) is 18.0 Å². The standard InChI is InChI=1S/C20H24F2N4O2S/c1-11(2)12-8-16(20(27)25-13-6-7-24-17(9-13)29-23)26(10-12)15-5-4-14(21)18(22)19(15)28-3/h4-7,9,11-12,16H,8,10,23H2,1-3H3,(H,24,25,27). The molecule has 9 heteroatoms. The number of aromatic nitrogens is 1. The number of pyridine rings is 1. The molecule has 2 heterocycles. The van der Waals surface area contributed by atoms with Gasteiger partial charge in [0.05, 0.1) is 12.8 Å². The van der Waals surface area contributed by atoms with Crippen LogP contribution in [-0.2, 0) is 4.79 Å². The van der Waals surface area contributed by atoms with E-state index in [4.69, 9.17) is 9.88 Å². The van der Waals surface area contributed by atoms with Gasteiger partial charge in [0, 0.05) is 18.4 Å². The zero-order valence-corrected chi connectivity index (χ0v) is 17.3. The largest absolute Gasteiger partial charge is 0.491 e. The van der Waals surface area contributed by atoms with E-state index in [1.54, 1.807) is 23.2 Å².